The molecule has 90 valence electrons. The first-order chi connectivity index (χ1) is 8.93. The topological polar surface area (TPSA) is 37.3 Å². The quantitative estimate of drug-likeness (QED) is 0.915. The zero-order chi connectivity index (χ0) is 12.2. The lowest BCUT2D eigenvalue weighted by atomic mass is 10.0. The van der Waals surface area contributed by atoms with Crippen LogP contribution in [-0.4, -0.2) is 23.9 Å². The molecule has 0 atom stereocenters. The molecule has 1 N–H and O–H groups in total. The van der Waals surface area contributed by atoms with Crippen molar-refractivity contribution in [3.8, 4) is 0 Å². The molecule has 0 fully saturated rings. The Morgan fingerprint density at radius 1 is 1.33 bits per heavy atom. The van der Waals surface area contributed by atoms with Crippen LogP contribution in [0.1, 0.15) is 11.1 Å². The van der Waals surface area contributed by atoms with Crippen LogP contribution in [0.4, 0.5) is 0 Å². The Hall–Kier alpha value is -1.94. The van der Waals surface area contributed by atoms with E-state index in [-0.39, 0.29) is 0 Å². The van der Waals surface area contributed by atoms with Gasteiger partial charge in [-0.25, -0.2) is 0 Å². The third-order valence-electron chi connectivity index (χ3n) is 2.79. The van der Waals surface area contributed by atoms with Crippen LogP contribution < -0.4 is 5.32 Å². The average molecular weight is 255 g/mol. The number of aliphatic imine (C=N–C) groups is 1. The largest absolute Gasteiger partial charge is 0.369 e. The van der Waals surface area contributed by atoms with Crippen LogP contribution in [0.2, 0.25) is 0 Å². The maximum absolute atomic E-state index is 4.42. The van der Waals surface area contributed by atoms with Crippen LogP contribution in [-0.2, 0) is 0 Å². The lowest BCUT2D eigenvalue weighted by Gasteiger charge is -2.06. The summed E-state index contributed by atoms with van der Waals surface area (Å²) < 4.78 is 0. The lowest BCUT2D eigenvalue weighted by molar-refractivity contribution is 0.961. The molecule has 0 unspecified atom stereocenters. The SMILES string of the molecule is C(/C1=NCCN1)=C(\c1cccnc1)c1ccsc1. The fourth-order valence-corrected chi connectivity index (χ4v) is 2.58. The minimum absolute atomic E-state index is 0.857. The van der Waals surface area contributed by atoms with E-state index in [4.69, 9.17) is 0 Å². The summed E-state index contributed by atoms with van der Waals surface area (Å²) in [5.74, 6) is 0.958. The molecule has 1 aliphatic rings. The highest BCUT2D eigenvalue weighted by Crippen LogP contribution is 2.24. The first-order valence-electron chi connectivity index (χ1n) is 5.86. The van der Waals surface area contributed by atoms with Crippen molar-refractivity contribution >= 4 is 22.7 Å². The van der Waals surface area contributed by atoms with Crippen molar-refractivity contribution in [2.24, 2.45) is 4.99 Å². The summed E-state index contributed by atoms with van der Waals surface area (Å²) in [7, 11) is 0. The third kappa shape index (κ3) is 2.33. The highest BCUT2D eigenvalue weighted by Gasteiger charge is 2.09. The maximum atomic E-state index is 4.42. The number of hydrogen-bond acceptors (Lipinski definition) is 4. The molecular formula is C14H13N3S. The molecule has 4 heteroatoms. The third-order valence-corrected chi connectivity index (χ3v) is 3.47. The van der Waals surface area contributed by atoms with Crippen molar-refractivity contribution in [1.82, 2.24) is 10.3 Å². The molecule has 0 aliphatic carbocycles. The van der Waals surface area contributed by atoms with E-state index in [1.807, 2.05) is 12.3 Å². The first kappa shape index (κ1) is 11.2. The second-order valence-corrected chi connectivity index (χ2v) is 4.79. The molecule has 0 aromatic carbocycles. The van der Waals surface area contributed by atoms with Crippen LogP contribution in [0.25, 0.3) is 5.57 Å². The van der Waals surface area contributed by atoms with Crippen LogP contribution in [0.15, 0.2) is 52.4 Å². The van der Waals surface area contributed by atoms with Crippen molar-refractivity contribution in [1.29, 1.82) is 0 Å². The van der Waals surface area contributed by atoms with Crippen molar-refractivity contribution in [3.05, 3.63) is 58.6 Å². The van der Waals surface area contributed by atoms with E-state index >= 15 is 0 Å². The maximum Gasteiger partial charge on any atom is 0.121 e. The average Bonchev–Trinajstić information content (AvgIpc) is 3.10. The molecule has 0 bridgehead atoms. The summed E-state index contributed by atoms with van der Waals surface area (Å²) in [4.78, 5) is 8.62. The summed E-state index contributed by atoms with van der Waals surface area (Å²) in [5.41, 5.74) is 3.49. The summed E-state index contributed by atoms with van der Waals surface area (Å²) in [5, 5.41) is 7.51. The Labute approximate surface area is 110 Å². The number of aromatic nitrogens is 1. The van der Waals surface area contributed by atoms with Gasteiger partial charge in [0, 0.05) is 24.5 Å². The number of pyridine rings is 1. The molecule has 0 spiro atoms. The van der Waals surface area contributed by atoms with E-state index in [0.29, 0.717) is 0 Å². The van der Waals surface area contributed by atoms with Gasteiger partial charge in [-0.3, -0.25) is 9.98 Å². The monoisotopic (exact) mass is 255 g/mol. The van der Waals surface area contributed by atoms with E-state index in [1.54, 1.807) is 17.5 Å². The van der Waals surface area contributed by atoms with Gasteiger partial charge in [-0.1, -0.05) is 6.07 Å². The second kappa shape index (κ2) is 5.14. The number of nitrogens with zero attached hydrogens (tertiary/aromatic N) is 2. The van der Waals surface area contributed by atoms with Gasteiger partial charge in [0.2, 0.25) is 0 Å². The normalized spacial score (nSPS) is 15.3. The molecule has 18 heavy (non-hydrogen) atoms. The van der Waals surface area contributed by atoms with Gasteiger partial charge >= 0.3 is 0 Å². The molecule has 1 aliphatic heterocycles. The number of amidine groups is 1. The Bertz CT molecular complexity index is 570. The summed E-state index contributed by atoms with van der Waals surface area (Å²) in [6.45, 7) is 1.78. The summed E-state index contributed by atoms with van der Waals surface area (Å²) >= 11 is 1.70. The van der Waals surface area contributed by atoms with E-state index in [2.05, 4.69) is 44.3 Å². The molecule has 3 heterocycles. The predicted octanol–water partition coefficient (Wildman–Crippen LogP) is 2.58. The molecule has 0 amide bonds. The van der Waals surface area contributed by atoms with E-state index in [1.165, 1.54) is 5.56 Å². The van der Waals surface area contributed by atoms with Gasteiger partial charge in [0.25, 0.3) is 0 Å². The molecule has 3 rings (SSSR count). The van der Waals surface area contributed by atoms with Gasteiger partial charge in [-0.05, 0) is 40.1 Å². The number of rotatable bonds is 3. The van der Waals surface area contributed by atoms with E-state index in [0.717, 1.165) is 30.1 Å². The second-order valence-electron chi connectivity index (χ2n) is 4.01. The Kier molecular flexibility index (Phi) is 3.19. The molecular weight excluding hydrogens is 242 g/mol. The predicted molar refractivity (Wildman–Crippen MR) is 75.9 cm³/mol. The van der Waals surface area contributed by atoms with Crippen LogP contribution >= 0.6 is 11.3 Å². The first-order valence-corrected chi connectivity index (χ1v) is 6.81. The minimum Gasteiger partial charge on any atom is -0.369 e. The van der Waals surface area contributed by atoms with Gasteiger partial charge < -0.3 is 5.32 Å². The number of hydrogen-bond donors (Lipinski definition) is 1. The van der Waals surface area contributed by atoms with Crippen LogP contribution in [0.5, 0.6) is 0 Å². The molecule has 3 nitrogen and oxygen atoms in total. The highest BCUT2D eigenvalue weighted by molar-refractivity contribution is 7.08. The van der Waals surface area contributed by atoms with Gasteiger partial charge in [0.05, 0.1) is 6.54 Å². The minimum atomic E-state index is 0.857. The molecule has 0 saturated heterocycles. The van der Waals surface area contributed by atoms with E-state index < -0.39 is 0 Å². The van der Waals surface area contributed by atoms with Gasteiger partial charge in [0.15, 0.2) is 0 Å². The Morgan fingerprint density at radius 3 is 3.00 bits per heavy atom. The fourth-order valence-electron chi connectivity index (χ4n) is 1.92. The zero-order valence-electron chi connectivity index (χ0n) is 9.84. The molecule has 0 saturated carbocycles. The molecule has 2 aromatic rings. The van der Waals surface area contributed by atoms with E-state index in [9.17, 15) is 0 Å². The Balaban J connectivity index is 2.04. The van der Waals surface area contributed by atoms with Crippen molar-refractivity contribution in [2.45, 2.75) is 0 Å². The highest BCUT2D eigenvalue weighted by atomic mass is 32.1. The number of nitrogens with one attached hydrogen (secondary N) is 1. The van der Waals surface area contributed by atoms with Crippen LogP contribution in [0.3, 0.4) is 0 Å². The molecule has 2 aromatic heterocycles. The van der Waals surface area contributed by atoms with Crippen molar-refractivity contribution in [3.63, 3.8) is 0 Å². The van der Waals surface area contributed by atoms with Gasteiger partial charge in [-0.15, -0.1) is 0 Å². The van der Waals surface area contributed by atoms with Gasteiger partial charge in [-0.2, -0.15) is 11.3 Å². The van der Waals surface area contributed by atoms with Crippen LogP contribution in [0, 0.1) is 0 Å². The lowest BCUT2D eigenvalue weighted by Crippen LogP contribution is -2.16. The fraction of sp³-hybridized carbons (Fsp3) is 0.143. The smallest absolute Gasteiger partial charge is 0.121 e. The summed E-state index contributed by atoms with van der Waals surface area (Å²) in [6.07, 6.45) is 5.78. The van der Waals surface area contributed by atoms with Crippen molar-refractivity contribution in [2.75, 3.05) is 13.1 Å². The van der Waals surface area contributed by atoms with Gasteiger partial charge in [0.1, 0.15) is 5.84 Å². The number of thiophene rings is 1. The molecule has 0 radical (unpaired) electrons. The standard InChI is InChI=1S/C14H13N3S/c1-2-11(9-15-4-1)13(12-3-7-18-10-12)8-14-16-5-6-17-14/h1-4,7-10H,5-6H2,(H,16,17)/b13-8-. The van der Waals surface area contributed by atoms with Crippen molar-refractivity contribution < 1.29 is 0 Å². The summed E-state index contributed by atoms with van der Waals surface area (Å²) in [6, 6.07) is 6.16. The zero-order valence-corrected chi connectivity index (χ0v) is 10.7. The Morgan fingerprint density at radius 2 is 2.33 bits per heavy atom.